The number of Topliss-reactive ketones (excluding diaryl/α,β-unsaturated/α-hetero) is 1. The fraction of sp³-hybridized carbons (Fsp3) is 0.292. The molecule has 0 spiro atoms. The molecular formula is C24H26N2O5. The van der Waals surface area contributed by atoms with E-state index in [1.54, 1.807) is 64.1 Å². The minimum absolute atomic E-state index is 0.140. The molecule has 1 aromatic carbocycles. The fourth-order valence-corrected chi connectivity index (χ4v) is 3.58. The first-order valence-corrected chi connectivity index (χ1v) is 10.1. The lowest BCUT2D eigenvalue weighted by Crippen LogP contribution is -2.43. The van der Waals surface area contributed by atoms with Gasteiger partial charge in [0.15, 0.2) is 5.78 Å². The molecule has 2 aromatic heterocycles. The van der Waals surface area contributed by atoms with E-state index < -0.39 is 12.0 Å². The number of H-pyrrole nitrogens is 1. The zero-order valence-electron chi connectivity index (χ0n) is 18.1. The Kier molecular flexibility index (Phi) is 6.74. The van der Waals surface area contributed by atoms with Crippen molar-refractivity contribution in [3.05, 3.63) is 82.6 Å². The van der Waals surface area contributed by atoms with Crippen LogP contribution in [0.2, 0.25) is 0 Å². The second-order valence-electron chi connectivity index (χ2n) is 7.26. The van der Waals surface area contributed by atoms with E-state index in [0.717, 1.165) is 0 Å². The molecule has 0 aliphatic rings. The van der Waals surface area contributed by atoms with Gasteiger partial charge in [-0.15, -0.1) is 0 Å². The number of aromatic amines is 1. The van der Waals surface area contributed by atoms with Crippen molar-refractivity contribution < 1.29 is 23.5 Å². The smallest absolute Gasteiger partial charge is 0.355 e. The Bertz CT molecular complexity index is 1070. The zero-order chi connectivity index (χ0) is 22.5. The molecule has 162 valence electrons. The normalized spacial score (nSPS) is 11.7. The summed E-state index contributed by atoms with van der Waals surface area (Å²) in [4.78, 5) is 43.4. The van der Waals surface area contributed by atoms with E-state index >= 15 is 0 Å². The average molecular weight is 422 g/mol. The molecule has 0 saturated carbocycles. The van der Waals surface area contributed by atoms with Crippen LogP contribution in [0.3, 0.4) is 0 Å². The van der Waals surface area contributed by atoms with Gasteiger partial charge in [0.1, 0.15) is 11.5 Å². The average Bonchev–Trinajstić information content (AvgIpc) is 3.38. The zero-order valence-corrected chi connectivity index (χ0v) is 18.1. The van der Waals surface area contributed by atoms with Crippen LogP contribution in [0.15, 0.2) is 53.1 Å². The van der Waals surface area contributed by atoms with Crippen molar-refractivity contribution in [2.45, 2.75) is 40.3 Å². The minimum atomic E-state index is -0.791. The van der Waals surface area contributed by atoms with Gasteiger partial charge < -0.3 is 19.0 Å². The van der Waals surface area contributed by atoms with Gasteiger partial charge in [-0.2, -0.15) is 0 Å². The van der Waals surface area contributed by atoms with Gasteiger partial charge >= 0.3 is 5.97 Å². The van der Waals surface area contributed by atoms with E-state index in [4.69, 9.17) is 9.15 Å². The largest absolute Gasteiger partial charge is 0.467 e. The molecule has 0 bridgehead atoms. The highest BCUT2D eigenvalue weighted by molar-refractivity contribution is 6.07. The molecule has 1 amide bonds. The summed E-state index contributed by atoms with van der Waals surface area (Å²) < 4.78 is 10.5. The summed E-state index contributed by atoms with van der Waals surface area (Å²) in [5.74, 6) is -0.492. The van der Waals surface area contributed by atoms with Crippen molar-refractivity contribution in [3.8, 4) is 0 Å². The fourth-order valence-electron chi connectivity index (χ4n) is 3.58. The number of ether oxygens (including phenoxy) is 1. The second kappa shape index (κ2) is 9.47. The standard InChI is InChI=1S/C24H26N2O5/c1-5-30-24(29)21-15(2)20(16(3)25-21)22(27)17(4)26(14-19-12-9-13-31-19)23(28)18-10-7-6-8-11-18/h6-13,17,25H,5,14H2,1-4H3. The summed E-state index contributed by atoms with van der Waals surface area (Å²) in [7, 11) is 0. The second-order valence-corrected chi connectivity index (χ2v) is 7.26. The van der Waals surface area contributed by atoms with Crippen molar-refractivity contribution in [2.24, 2.45) is 0 Å². The number of benzene rings is 1. The van der Waals surface area contributed by atoms with Crippen LogP contribution < -0.4 is 0 Å². The summed E-state index contributed by atoms with van der Waals surface area (Å²) in [5.41, 5.74) is 2.19. The molecule has 0 aliphatic heterocycles. The quantitative estimate of drug-likeness (QED) is 0.431. The Morgan fingerprint density at radius 3 is 2.42 bits per heavy atom. The Hall–Kier alpha value is -3.61. The number of nitrogens with zero attached hydrogens (tertiary/aromatic N) is 1. The van der Waals surface area contributed by atoms with Crippen molar-refractivity contribution in [2.75, 3.05) is 6.61 Å². The number of aromatic nitrogens is 1. The van der Waals surface area contributed by atoms with Gasteiger partial charge in [-0.25, -0.2) is 4.79 Å². The van der Waals surface area contributed by atoms with E-state index in [-0.39, 0.29) is 30.5 Å². The highest BCUT2D eigenvalue weighted by Crippen LogP contribution is 2.24. The minimum Gasteiger partial charge on any atom is -0.467 e. The molecule has 31 heavy (non-hydrogen) atoms. The first kappa shape index (κ1) is 22.1. The van der Waals surface area contributed by atoms with E-state index in [1.165, 1.54) is 11.2 Å². The molecule has 1 atom stereocenters. The molecule has 0 aliphatic carbocycles. The summed E-state index contributed by atoms with van der Waals surface area (Å²) in [6.07, 6.45) is 1.53. The maximum atomic E-state index is 13.5. The third-order valence-corrected chi connectivity index (χ3v) is 5.20. The summed E-state index contributed by atoms with van der Waals surface area (Å²) in [6, 6.07) is 11.5. The number of hydrogen-bond donors (Lipinski definition) is 1. The number of nitrogens with one attached hydrogen (secondary N) is 1. The summed E-state index contributed by atoms with van der Waals surface area (Å²) >= 11 is 0. The van der Waals surface area contributed by atoms with Crippen LogP contribution in [-0.4, -0.2) is 40.2 Å². The van der Waals surface area contributed by atoms with Crippen LogP contribution in [0.1, 0.15) is 62.1 Å². The van der Waals surface area contributed by atoms with Crippen LogP contribution in [0.5, 0.6) is 0 Å². The first-order valence-electron chi connectivity index (χ1n) is 10.1. The Labute approximate surface area is 181 Å². The lowest BCUT2D eigenvalue weighted by molar-refractivity contribution is 0.0518. The van der Waals surface area contributed by atoms with E-state index in [1.807, 2.05) is 6.07 Å². The predicted octanol–water partition coefficient (Wildman–Crippen LogP) is 4.32. The number of furan rings is 1. The van der Waals surface area contributed by atoms with E-state index in [2.05, 4.69) is 4.98 Å². The van der Waals surface area contributed by atoms with Crippen LogP contribution in [0.4, 0.5) is 0 Å². The SMILES string of the molecule is CCOC(=O)c1[nH]c(C)c(C(=O)C(C)N(Cc2ccco2)C(=O)c2ccccc2)c1C. The topological polar surface area (TPSA) is 92.6 Å². The molecule has 7 heteroatoms. The number of amides is 1. The van der Waals surface area contributed by atoms with Gasteiger partial charge in [0.2, 0.25) is 0 Å². The molecule has 0 fully saturated rings. The van der Waals surface area contributed by atoms with Crippen LogP contribution in [0, 0.1) is 13.8 Å². The van der Waals surface area contributed by atoms with Crippen LogP contribution >= 0.6 is 0 Å². The van der Waals surface area contributed by atoms with Gasteiger partial charge in [-0.05, 0) is 57.5 Å². The van der Waals surface area contributed by atoms with Crippen LogP contribution in [0.25, 0.3) is 0 Å². The number of ketones is 1. The van der Waals surface area contributed by atoms with Crippen molar-refractivity contribution in [3.63, 3.8) is 0 Å². The molecule has 0 radical (unpaired) electrons. The molecular weight excluding hydrogens is 396 g/mol. The molecule has 1 unspecified atom stereocenters. The Balaban J connectivity index is 1.96. The molecule has 2 heterocycles. The van der Waals surface area contributed by atoms with Gasteiger partial charge in [0.05, 0.1) is 25.5 Å². The summed E-state index contributed by atoms with van der Waals surface area (Å²) in [6.45, 7) is 7.21. The predicted molar refractivity (Wildman–Crippen MR) is 115 cm³/mol. The number of carbonyl (C=O) groups is 3. The van der Waals surface area contributed by atoms with Gasteiger partial charge in [-0.3, -0.25) is 9.59 Å². The third kappa shape index (κ3) is 4.60. The molecule has 3 aromatic rings. The number of rotatable bonds is 8. The Morgan fingerprint density at radius 2 is 1.81 bits per heavy atom. The number of hydrogen-bond acceptors (Lipinski definition) is 5. The molecule has 3 rings (SSSR count). The highest BCUT2D eigenvalue weighted by atomic mass is 16.5. The number of aryl methyl sites for hydroxylation is 1. The molecule has 7 nitrogen and oxygen atoms in total. The highest BCUT2D eigenvalue weighted by Gasteiger charge is 2.32. The first-order chi connectivity index (χ1) is 14.8. The monoisotopic (exact) mass is 422 g/mol. The lowest BCUT2D eigenvalue weighted by atomic mass is 9.99. The summed E-state index contributed by atoms with van der Waals surface area (Å²) in [5, 5.41) is 0. The van der Waals surface area contributed by atoms with Gasteiger partial charge in [-0.1, -0.05) is 18.2 Å². The third-order valence-electron chi connectivity index (χ3n) is 5.20. The maximum Gasteiger partial charge on any atom is 0.355 e. The lowest BCUT2D eigenvalue weighted by Gasteiger charge is -2.28. The van der Waals surface area contributed by atoms with Crippen molar-refractivity contribution in [1.29, 1.82) is 0 Å². The van der Waals surface area contributed by atoms with Crippen molar-refractivity contribution >= 4 is 17.7 Å². The van der Waals surface area contributed by atoms with Crippen molar-refractivity contribution in [1.82, 2.24) is 9.88 Å². The molecule has 1 N–H and O–H groups in total. The maximum absolute atomic E-state index is 13.5. The number of carbonyl (C=O) groups excluding carboxylic acids is 3. The number of esters is 1. The Morgan fingerprint density at radius 1 is 1.10 bits per heavy atom. The van der Waals surface area contributed by atoms with E-state index in [9.17, 15) is 14.4 Å². The van der Waals surface area contributed by atoms with Gasteiger partial charge in [0.25, 0.3) is 5.91 Å². The van der Waals surface area contributed by atoms with Crippen LogP contribution in [-0.2, 0) is 11.3 Å². The molecule has 0 saturated heterocycles. The van der Waals surface area contributed by atoms with E-state index in [0.29, 0.717) is 28.1 Å². The van der Waals surface area contributed by atoms with Gasteiger partial charge in [0, 0.05) is 16.8 Å².